The number of anilines is 2. The fourth-order valence-corrected chi connectivity index (χ4v) is 4.24. The third-order valence-electron chi connectivity index (χ3n) is 5.97. The molecule has 1 aliphatic rings. The van der Waals surface area contributed by atoms with Crippen molar-refractivity contribution in [3.63, 3.8) is 0 Å². The quantitative estimate of drug-likeness (QED) is 0.347. The molecule has 0 aliphatic carbocycles. The van der Waals surface area contributed by atoms with Gasteiger partial charge in [0.2, 0.25) is 0 Å². The molecule has 0 fully saturated rings. The molecule has 0 bridgehead atoms. The van der Waals surface area contributed by atoms with Gasteiger partial charge in [0.25, 0.3) is 11.8 Å². The molecule has 0 spiro atoms. The van der Waals surface area contributed by atoms with Crippen molar-refractivity contribution in [2.75, 3.05) is 10.6 Å². The van der Waals surface area contributed by atoms with Crippen molar-refractivity contribution < 1.29 is 50.1 Å². The Hall–Kier alpha value is -3.97. The molecule has 0 saturated heterocycles. The Morgan fingerprint density at radius 1 is 0.897 bits per heavy atom. The number of aliphatic carboxylic acids is 1. The fraction of sp³-hybridized carbons (Fsp3) is 0.241. The maximum atomic E-state index is 13.7. The van der Waals surface area contributed by atoms with Crippen LogP contribution in [0.1, 0.15) is 52.6 Å². The van der Waals surface area contributed by atoms with Crippen LogP contribution >= 0.6 is 0 Å². The first-order valence-corrected chi connectivity index (χ1v) is 12.1. The smallest absolute Gasteiger partial charge is 0.412 e. The molecule has 4 rings (SSSR count). The third kappa shape index (κ3) is 7.33. The van der Waals surface area contributed by atoms with Crippen LogP contribution in [0.15, 0.2) is 72.8 Å². The summed E-state index contributed by atoms with van der Waals surface area (Å²) < 4.78 is 5.30. The number of para-hydroxylation sites is 1. The minimum absolute atomic E-state index is 0. The molecule has 0 aromatic heterocycles. The molecular formula is C29H29N3O6W. The molecule has 3 amide bonds. The van der Waals surface area contributed by atoms with Gasteiger partial charge in [-0.1, -0.05) is 36.4 Å². The Morgan fingerprint density at radius 2 is 1.56 bits per heavy atom. The van der Waals surface area contributed by atoms with Crippen molar-refractivity contribution in [1.29, 1.82) is 0 Å². The van der Waals surface area contributed by atoms with Gasteiger partial charge < -0.3 is 20.1 Å². The molecule has 3 N–H and O–H groups in total. The van der Waals surface area contributed by atoms with Crippen molar-refractivity contribution >= 4 is 35.3 Å². The number of carboxylic acids is 1. The van der Waals surface area contributed by atoms with E-state index in [4.69, 9.17) is 4.74 Å². The molecule has 1 aliphatic heterocycles. The van der Waals surface area contributed by atoms with E-state index < -0.39 is 29.6 Å². The van der Waals surface area contributed by atoms with Crippen LogP contribution in [0.25, 0.3) is 0 Å². The number of nitrogens with one attached hydrogen (secondary N) is 2. The standard InChI is InChI=1S/C29H29N3O6.W/c1-29(2,3)38-28(37)31-23-12-8-7-11-22(23)26(34)32-17-20-15-21(14-13-19(20)16-24(32)27(35)36)30-25(33)18-9-5-4-6-10-18;/h4-15,24H,16-17H2,1-3H3,(H,30,33)(H,31,37)(H,35,36);. The first-order chi connectivity index (χ1) is 18.0. The number of carbonyl (C=O) groups is 4. The number of ether oxygens (including phenoxy) is 1. The molecule has 0 saturated carbocycles. The predicted octanol–water partition coefficient (Wildman–Crippen LogP) is 4.94. The molecule has 202 valence electrons. The zero-order valence-electron chi connectivity index (χ0n) is 21.8. The van der Waals surface area contributed by atoms with Crippen LogP contribution in [-0.4, -0.2) is 45.5 Å². The second-order valence-corrected chi connectivity index (χ2v) is 9.97. The molecule has 9 nitrogen and oxygen atoms in total. The van der Waals surface area contributed by atoms with Crippen LogP contribution in [0, 0.1) is 0 Å². The molecule has 3 aromatic rings. The molecule has 1 atom stereocenters. The largest absolute Gasteiger partial charge is 0.480 e. The zero-order chi connectivity index (χ0) is 27.4. The molecular weight excluding hydrogens is 670 g/mol. The van der Waals surface area contributed by atoms with Crippen molar-refractivity contribution in [2.24, 2.45) is 0 Å². The van der Waals surface area contributed by atoms with Gasteiger partial charge in [-0.3, -0.25) is 14.9 Å². The number of fused-ring (bicyclic) bond motifs is 1. The van der Waals surface area contributed by atoms with Crippen LogP contribution in [0.3, 0.4) is 0 Å². The second-order valence-electron chi connectivity index (χ2n) is 9.97. The normalized spacial score (nSPS) is 14.3. The molecule has 0 radical (unpaired) electrons. The summed E-state index contributed by atoms with van der Waals surface area (Å²) in [6, 6.07) is 19.3. The number of hydrogen-bond donors (Lipinski definition) is 3. The van der Waals surface area contributed by atoms with E-state index in [9.17, 15) is 24.3 Å². The van der Waals surface area contributed by atoms with E-state index in [0.717, 1.165) is 11.1 Å². The van der Waals surface area contributed by atoms with Gasteiger partial charge in [0, 0.05) is 45.3 Å². The molecule has 1 unspecified atom stereocenters. The Morgan fingerprint density at radius 3 is 2.23 bits per heavy atom. The summed E-state index contributed by atoms with van der Waals surface area (Å²) in [4.78, 5) is 52.0. The van der Waals surface area contributed by atoms with Crippen molar-refractivity contribution in [3.05, 3.63) is 95.1 Å². The van der Waals surface area contributed by atoms with E-state index in [-0.39, 0.29) is 51.2 Å². The number of hydrogen-bond acceptors (Lipinski definition) is 5. The van der Waals surface area contributed by atoms with Crippen LogP contribution in [0.2, 0.25) is 0 Å². The number of carbonyl (C=O) groups excluding carboxylic acids is 3. The first kappa shape index (κ1) is 29.6. The van der Waals surface area contributed by atoms with Gasteiger partial charge in [-0.15, -0.1) is 0 Å². The van der Waals surface area contributed by atoms with E-state index in [2.05, 4.69) is 10.6 Å². The van der Waals surface area contributed by atoms with Gasteiger partial charge in [0.15, 0.2) is 0 Å². The predicted molar refractivity (Wildman–Crippen MR) is 142 cm³/mol. The minimum atomic E-state index is -1.14. The van der Waals surface area contributed by atoms with Gasteiger partial charge in [0.1, 0.15) is 11.6 Å². The van der Waals surface area contributed by atoms with Crippen LogP contribution in [0.5, 0.6) is 0 Å². The Bertz CT molecular complexity index is 1390. The number of rotatable bonds is 5. The molecule has 3 aromatic carbocycles. The molecule has 1 heterocycles. The van der Waals surface area contributed by atoms with E-state index in [1.54, 1.807) is 81.4 Å². The minimum Gasteiger partial charge on any atom is -0.480 e. The summed E-state index contributed by atoms with van der Waals surface area (Å²) in [6.07, 6.45) is -0.624. The summed E-state index contributed by atoms with van der Waals surface area (Å²) in [7, 11) is 0. The zero-order valence-corrected chi connectivity index (χ0v) is 24.7. The summed E-state index contributed by atoms with van der Waals surface area (Å²) in [5.41, 5.74) is 2.15. The van der Waals surface area contributed by atoms with Crippen LogP contribution in [-0.2, 0) is 43.6 Å². The fourth-order valence-electron chi connectivity index (χ4n) is 4.24. The van der Waals surface area contributed by atoms with Crippen molar-refractivity contribution in [1.82, 2.24) is 4.90 Å². The number of carboxylic acid groups (broad SMARTS) is 1. The summed E-state index contributed by atoms with van der Waals surface area (Å²) in [5, 5.41) is 15.4. The first-order valence-electron chi connectivity index (χ1n) is 12.1. The van der Waals surface area contributed by atoms with Gasteiger partial charge in [-0.05, 0) is 68.3 Å². The van der Waals surface area contributed by atoms with E-state index in [1.807, 2.05) is 6.07 Å². The van der Waals surface area contributed by atoms with Crippen LogP contribution in [0.4, 0.5) is 16.2 Å². The van der Waals surface area contributed by atoms with Crippen molar-refractivity contribution in [2.45, 2.75) is 45.4 Å². The second kappa shape index (κ2) is 12.3. The van der Waals surface area contributed by atoms with E-state index in [0.29, 0.717) is 11.3 Å². The number of amides is 3. The SMILES string of the molecule is CC(C)(C)OC(=O)Nc1ccccc1C(=O)N1Cc2cc(NC(=O)c3ccccc3)ccc2CC1C(=O)O.[W]. The number of nitrogens with zero attached hydrogens (tertiary/aromatic N) is 1. The Balaban J connectivity index is 0.00000420. The van der Waals surface area contributed by atoms with Gasteiger partial charge in [-0.2, -0.15) is 0 Å². The average molecular weight is 699 g/mol. The number of benzene rings is 3. The Kier molecular flexibility index (Phi) is 9.30. The van der Waals surface area contributed by atoms with Crippen LogP contribution < -0.4 is 10.6 Å². The summed E-state index contributed by atoms with van der Waals surface area (Å²) in [6.45, 7) is 5.19. The summed E-state index contributed by atoms with van der Waals surface area (Å²) >= 11 is 0. The molecule has 10 heteroatoms. The average Bonchev–Trinajstić information content (AvgIpc) is 2.87. The third-order valence-corrected chi connectivity index (χ3v) is 5.97. The monoisotopic (exact) mass is 699 g/mol. The maximum Gasteiger partial charge on any atom is 0.412 e. The summed E-state index contributed by atoms with van der Waals surface area (Å²) in [5.74, 6) is -1.96. The Labute approximate surface area is 240 Å². The van der Waals surface area contributed by atoms with E-state index >= 15 is 0 Å². The van der Waals surface area contributed by atoms with Gasteiger partial charge in [0.05, 0.1) is 11.3 Å². The maximum absolute atomic E-state index is 13.7. The topological polar surface area (TPSA) is 125 Å². The molecule has 39 heavy (non-hydrogen) atoms. The van der Waals surface area contributed by atoms with Gasteiger partial charge in [-0.25, -0.2) is 9.59 Å². The van der Waals surface area contributed by atoms with Gasteiger partial charge >= 0.3 is 12.1 Å². The van der Waals surface area contributed by atoms with Crippen molar-refractivity contribution in [3.8, 4) is 0 Å². The van der Waals surface area contributed by atoms with E-state index in [1.165, 1.54) is 11.0 Å².